The number of pyridine rings is 1. The van der Waals surface area contributed by atoms with Gasteiger partial charge < -0.3 is 0 Å². The van der Waals surface area contributed by atoms with Gasteiger partial charge in [0.25, 0.3) is 0 Å². The molecule has 6 nitrogen and oxygen atoms in total. The van der Waals surface area contributed by atoms with Gasteiger partial charge in [-0.3, -0.25) is 14.5 Å². The van der Waals surface area contributed by atoms with Crippen LogP contribution in [-0.4, -0.2) is 25.5 Å². The van der Waals surface area contributed by atoms with Crippen LogP contribution in [0.3, 0.4) is 0 Å². The summed E-state index contributed by atoms with van der Waals surface area (Å²) in [6.45, 7) is 6.77. The Morgan fingerprint density at radius 3 is 2.53 bits per heavy atom. The van der Waals surface area contributed by atoms with Gasteiger partial charge >= 0.3 is 0 Å². The van der Waals surface area contributed by atoms with E-state index in [2.05, 4.69) is 63.9 Å². The first-order valence-electron chi connectivity index (χ1n) is 9.59. The lowest BCUT2D eigenvalue weighted by molar-refractivity contribution is 0.869. The van der Waals surface area contributed by atoms with Crippen molar-refractivity contribution in [2.75, 3.05) is 0 Å². The number of benzene rings is 1. The molecule has 4 aromatic rings. The molecule has 0 atom stereocenters. The van der Waals surface area contributed by atoms with Crippen molar-refractivity contribution in [1.29, 1.82) is 5.26 Å². The van der Waals surface area contributed by atoms with Crippen LogP contribution in [0.1, 0.15) is 38.8 Å². The summed E-state index contributed by atoms with van der Waals surface area (Å²) in [5, 5.41) is 18.9. The summed E-state index contributed by atoms with van der Waals surface area (Å²) in [5.74, 6) is 1.74. The standard InChI is InChI=1S/C23H18N6S/c1-13-14(2)30-23-21(13)22(26-12-20-28-27-15(3)29(20)23)18-6-4-17(5-7-18)19-8-16(9-24)10-25-11-19/h4-8,10-11H,12H2,1-3H3. The molecule has 0 saturated heterocycles. The summed E-state index contributed by atoms with van der Waals surface area (Å²) in [7, 11) is 0. The smallest absolute Gasteiger partial charge is 0.160 e. The molecule has 0 bridgehead atoms. The third-order valence-electron chi connectivity index (χ3n) is 5.44. The SMILES string of the molecule is Cc1sc2c(c1C)C(c1ccc(-c3cncc(C#N)c3)cc1)=NCc1nnc(C)n1-2. The minimum absolute atomic E-state index is 0.492. The van der Waals surface area contributed by atoms with Crippen LogP contribution in [0.25, 0.3) is 16.1 Å². The highest BCUT2D eigenvalue weighted by Crippen LogP contribution is 2.36. The first-order chi connectivity index (χ1) is 14.6. The van der Waals surface area contributed by atoms with Crippen molar-refractivity contribution in [3.63, 3.8) is 0 Å². The topological polar surface area (TPSA) is 79.8 Å². The molecular weight excluding hydrogens is 392 g/mol. The molecule has 30 heavy (non-hydrogen) atoms. The van der Waals surface area contributed by atoms with E-state index < -0.39 is 0 Å². The van der Waals surface area contributed by atoms with E-state index in [1.165, 1.54) is 10.4 Å². The van der Waals surface area contributed by atoms with E-state index in [0.717, 1.165) is 44.6 Å². The molecule has 3 aromatic heterocycles. The summed E-state index contributed by atoms with van der Waals surface area (Å²) in [6.07, 6.45) is 3.35. The number of rotatable bonds is 2. The largest absolute Gasteiger partial charge is 0.276 e. The maximum absolute atomic E-state index is 9.13. The zero-order chi connectivity index (χ0) is 20.8. The maximum atomic E-state index is 9.13. The summed E-state index contributed by atoms with van der Waals surface area (Å²) in [5.41, 5.74) is 6.92. The minimum atomic E-state index is 0.492. The second-order valence-corrected chi connectivity index (χ2v) is 8.48. The Kier molecular flexibility index (Phi) is 4.30. The number of aryl methyl sites for hydroxylation is 2. The number of nitriles is 1. The van der Waals surface area contributed by atoms with Crippen LogP contribution < -0.4 is 0 Å². The van der Waals surface area contributed by atoms with Crippen molar-refractivity contribution >= 4 is 17.0 Å². The number of thiophene rings is 1. The Morgan fingerprint density at radius 1 is 1.00 bits per heavy atom. The molecule has 0 N–H and O–H groups in total. The molecule has 7 heteroatoms. The molecule has 0 aliphatic carbocycles. The van der Waals surface area contributed by atoms with Crippen LogP contribution in [0.4, 0.5) is 0 Å². The second-order valence-electron chi connectivity index (χ2n) is 7.28. The van der Waals surface area contributed by atoms with Gasteiger partial charge in [0.2, 0.25) is 0 Å². The lowest BCUT2D eigenvalue weighted by Gasteiger charge is -2.10. The van der Waals surface area contributed by atoms with E-state index in [4.69, 9.17) is 10.3 Å². The number of fused-ring (bicyclic) bond motifs is 3. The normalized spacial score (nSPS) is 12.5. The maximum Gasteiger partial charge on any atom is 0.160 e. The van der Waals surface area contributed by atoms with E-state index >= 15 is 0 Å². The van der Waals surface area contributed by atoms with E-state index in [1.807, 2.05) is 13.0 Å². The number of hydrogen-bond acceptors (Lipinski definition) is 6. The van der Waals surface area contributed by atoms with Crippen LogP contribution in [0.5, 0.6) is 0 Å². The molecule has 146 valence electrons. The molecular formula is C23H18N6S. The summed E-state index contributed by atoms with van der Waals surface area (Å²) >= 11 is 1.76. The number of aliphatic imine (C=N–C) groups is 1. The van der Waals surface area contributed by atoms with Crippen molar-refractivity contribution in [2.24, 2.45) is 4.99 Å². The molecule has 0 amide bonds. The van der Waals surface area contributed by atoms with Crippen LogP contribution >= 0.6 is 11.3 Å². The zero-order valence-corrected chi connectivity index (χ0v) is 17.7. The van der Waals surface area contributed by atoms with Gasteiger partial charge in [-0.1, -0.05) is 24.3 Å². The molecule has 5 rings (SSSR count). The summed E-state index contributed by atoms with van der Waals surface area (Å²) in [4.78, 5) is 10.4. The first-order valence-corrected chi connectivity index (χ1v) is 10.4. The van der Waals surface area contributed by atoms with Gasteiger partial charge in [-0.15, -0.1) is 21.5 Å². The van der Waals surface area contributed by atoms with Crippen molar-refractivity contribution < 1.29 is 0 Å². The van der Waals surface area contributed by atoms with E-state index in [0.29, 0.717) is 12.1 Å². The Hall–Kier alpha value is -3.63. The van der Waals surface area contributed by atoms with Crippen LogP contribution in [0.15, 0.2) is 47.7 Å². The van der Waals surface area contributed by atoms with Gasteiger partial charge in [-0.2, -0.15) is 5.26 Å². The third kappa shape index (κ3) is 2.85. The van der Waals surface area contributed by atoms with Crippen LogP contribution in [-0.2, 0) is 6.54 Å². The monoisotopic (exact) mass is 410 g/mol. The molecule has 0 fully saturated rings. The molecule has 1 aromatic carbocycles. The Balaban J connectivity index is 1.61. The number of hydrogen-bond donors (Lipinski definition) is 0. The number of aromatic nitrogens is 4. The van der Waals surface area contributed by atoms with Crippen molar-refractivity contribution in [1.82, 2.24) is 19.7 Å². The van der Waals surface area contributed by atoms with Crippen LogP contribution in [0.2, 0.25) is 0 Å². The van der Waals surface area contributed by atoms with Gasteiger partial charge in [0.15, 0.2) is 5.82 Å². The highest BCUT2D eigenvalue weighted by Gasteiger charge is 2.26. The Labute approximate surface area is 178 Å². The van der Waals surface area contributed by atoms with E-state index in [9.17, 15) is 0 Å². The quantitative estimate of drug-likeness (QED) is 0.486. The molecule has 4 heterocycles. The fraction of sp³-hybridized carbons (Fsp3) is 0.174. The summed E-state index contributed by atoms with van der Waals surface area (Å²) < 4.78 is 2.13. The number of nitrogens with zero attached hydrogens (tertiary/aromatic N) is 6. The fourth-order valence-corrected chi connectivity index (χ4v) is 4.99. The Bertz CT molecular complexity index is 1350. The predicted molar refractivity (Wildman–Crippen MR) is 117 cm³/mol. The third-order valence-corrected chi connectivity index (χ3v) is 6.63. The van der Waals surface area contributed by atoms with Gasteiger partial charge in [0, 0.05) is 34.0 Å². The van der Waals surface area contributed by atoms with Crippen LogP contribution in [0, 0.1) is 32.1 Å². The van der Waals surface area contributed by atoms with Crippen molar-refractivity contribution in [2.45, 2.75) is 27.3 Å². The summed E-state index contributed by atoms with van der Waals surface area (Å²) in [6, 6.07) is 12.3. The van der Waals surface area contributed by atoms with Crippen molar-refractivity contribution in [3.8, 4) is 22.2 Å². The highest BCUT2D eigenvalue weighted by atomic mass is 32.1. The van der Waals surface area contributed by atoms with Gasteiger partial charge in [-0.25, -0.2) is 0 Å². The fourth-order valence-electron chi connectivity index (χ4n) is 3.76. The molecule has 0 saturated carbocycles. The Morgan fingerprint density at radius 2 is 1.77 bits per heavy atom. The van der Waals surface area contributed by atoms with Gasteiger partial charge in [0.1, 0.15) is 23.4 Å². The second kappa shape index (κ2) is 7.01. The van der Waals surface area contributed by atoms with Gasteiger partial charge in [-0.05, 0) is 38.0 Å². The lowest BCUT2D eigenvalue weighted by Crippen LogP contribution is -2.07. The molecule has 0 spiro atoms. The van der Waals surface area contributed by atoms with Gasteiger partial charge in [0.05, 0.1) is 11.3 Å². The van der Waals surface area contributed by atoms with E-state index in [1.54, 1.807) is 23.7 Å². The van der Waals surface area contributed by atoms with E-state index in [-0.39, 0.29) is 0 Å². The first kappa shape index (κ1) is 18.4. The average Bonchev–Trinajstić information content (AvgIpc) is 3.22. The lowest BCUT2D eigenvalue weighted by atomic mass is 9.97. The molecule has 1 aliphatic heterocycles. The zero-order valence-electron chi connectivity index (χ0n) is 16.8. The minimum Gasteiger partial charge on any atom is -0.276 e. The predicted octanol–water partition coefficient (Wildman–Crippen LogP) is 4.54. The average molecular weight is 411 g/mol. The highest BCUT2D eigenvalue weighted by molar-refractivity contribution is 7.15. The molecule has 0 unspecified atom stereocenters. The van der Waals surface area contributed by atoms with Crippen molar-refractivity contribution in [3.05, 3.63) is 81.5 Å². The molecule has 0 radical (unpaired) electrons. The molecule has 1 aliphatic rings.